The van der Waals surface area contributed by atoms with Crippen molar-refractivity contribution in [2.75, 3.05) is 13.1 Å². The van der Waals surface area contributed by atoms with Gasteiger partial charge in [-0.15, -0.1) is 0 Å². The second-order valence-corrected chi connectivity index (χ2v) is 4.49. The Morgan fingerprint density at radius 1 is 1.65 bits per heavy atom. The first kappa shape index (κ1) is 12.1. The number of carbonyl (C=O) groups is 1. The molecule has 2 rings (SSSR count). The minimum atomic E-state index is 0.00953. The van der Waals surface area contributed by atoms with Gasteiger partial charge in [-0.1, -0.05) is 6.42 Å². The molecular formula is C12H20N4O. The fourth-order valence-electron chi connectivity index (χ4n) is 2.16. The third-order valence-corrected chi connectivity index (χ3v) is 3.23. The number of rotatable bonds is 4. The van der Waals surface area contributed by atoms with Crippen molar-refractivity contribution in [2.24, 2.45) is 7.05 Å². The standard InChI is InChI=1S/C12H20N4O/c1-16-10(6-9-15-16)5-8-14-12(17)11-4-2-3-7-13-11/h6,9,11,13H,2-5,7-8H2,1H3,(H,14,17). The number of aryl methyl sites for hydroxylation is 1. The van der Waals surface area contributed by atoms with Crippen LogP contribution in [-0.4, -0.2) is 34.8 Å². The van der Waals surface area contributed by atoms with Gasteiger partial charge >= 0.3 is 0 Å². The van der Waals surface area contributed by atoms with Crippen LogP contribution in [0.25, 0.3) is 0 Å². The first-order valence-electron chi connectivity index (χ1n) is 6.25. The molecule has 5 heteroatoms. The zero-order chi connectivity index (χ0) is 12.1. The van der Waals surface area contributed by atoms with Gasteiger partial charge in [0.15, 0.2) is 0 Å². The highest BCUT2D eigenvalue weighted by molar-refractivity contribution is 5.81. The minimum absolute atomic E-state index is 0.00953. The highest BCUT2D eigenvalue weighted by Crippen LogP contribution is 2.06. The number of aromatic nitrogens is 2. The van der Waals surface area contributed by atoms with Gasteiger partial charge in [0.1, 0.15) is 0 Å². The molecule has 1 aromatic rings. The van der Waals surface area contributed by atoms with Crippen molar-refractivity contribution in [1.29, 1.82) is 0 Å². The van der Waals surface area contributed by atoms with E-state index in [0.29, 0.717) is 6.54 Å². The Morgan fingerprint density at radius 2 is 2.53 bits per heavy atom. The second-order valence-electron chi connectivity index (χ2n) is 4.49. The van der Waals surface area contributed by atoms with Gasteiger partial charge in [0, 0.05) is 31.9 Å². The summed E-state index contributed by atoms with van der Waals surface area (Å²) in [6.07, 6.45) is 5.89. The molecule has 1 saturated heterocycles. The number of piperidine rings is 1. The summed E-state index contributed by atoms with van der Waals surface area (Å²) in [6.45, 7) is 1.64. The van der Waals surface area contributed by atoms with Gasteiger partial charge in [0.25, 0.3) is 0 Å². The normalized spacial score (nSPS) is 20.2. The van der Waals surface area contributed by atoms with E-state index in [1.165, 1.54) is 6.42 Å². The Bertz CT molecular complexity index is 368. The molecule has 1 aliphatic rings. The maximum Gasteiger partial charge on any atom is 0.237 e. The molecule has 2 heterocycles. The predicted molar refractivity (Wildman–Crippen MR) is 65.6 cm³/mol. The number of nitrogens with one attached hydrogen (secondary N) is 2. The van der Waals surface area contributed by atoms with Crippen LogP contribution in [-0.2, 0) is 18.3 Å². The summed E-state index contributed by atoms with van der Waals surface area (Å²) in [5, 5.41) is 10.3. The Hall–Kier alpha value is -1.36. The molecule has 0 aliphatic carbocycles. The molecule has 0 radical (unpaired) electrons. The Labute approximate surface area is 102 Å². The van der Waals surface area contributed by atoms with Crippen LogP contribution in [0.3, 0.4) is 0 Å². The maximum atomic E-state index is 11.8. The average Bonchev–Trinajstić information content (AvgIpc) is 2.76. The molecule has 1 fully saturated rings. The lowest BCUT2D eigenvalue weighted by atomic mass is 10.0. The second kappa shape index (κ2) is 5.82. The van der Waals surface area contributed by atoms with Crippen molar-refractivity contribution < 1.29 is 4.79 Å². The third-order valence-electron chi connectivity index (χ3n) is 3.23. The highest BCUT2D eigenvalue weighted by atomic mass is 16.2. The molecule has 1 atom stereocenters. The average molecular weight is 236 g/mol. The Kier molecular flexibility index (Phi) is 4.14. The van der Waals surface area contributed by atoms with Gasteiger partial charge in [-0.25, -0.2) is 0 Å². The molecule has 0 aromatic carbocycles. The Morgan fingerprint density at radius 3 is 3.18 bits per heavy atom. The molecule has 0 spiro atoms. The van der Waals surface area contributed by atoms with Crippen LogP contribution in [0.1, 0.15) is 25.0 Å². The maximum absolute atomic E-state index is 11.8. The molecule has 0 saturated carbocycles. The van der Waals surface area contributed by atoms with Crippen molar-refractivity contribution in [3.05, 3.63) is 18.0 Å². The largest absolute Gasteiger partial charge is 0.354 e. The summed E-state index contributed by atoms with van der Waals surface area (Å²) in [5.41, 5.74) is 1.14. The zero-order valence-electron chi connectivity index (χ0n) is 10.3. The summed E-state index contributed by atoms with van der Waals surface area (Å²) >= 11 is 0. The molecule has 0 bridgehead atoms. The van der Waals surface area contributed by atoms with Crippen LogP contribution in [0, 0.1) is 0 Å². The molecule has 1 aliphatic heterocycles. The predicted octanol–water partition coefficient (Wildman–Crippen LogP) is 0.221. The molecule has 1 amide bonds. The summed E-state index contributed by atoms with van der Waals surface area (Å²) in [4.78, 5) is 11.8. The highest BCUT2D eigenvalue weighted by Gasteiger charge is 2.19. The quantitative estimate of drug-likeness (QED) is 0.786. The number of amides is 1. The van der Waals surface area contributed by atoms with Crippen LogP contribution >= 0.6 is 0 Å². The molecule has 2 N–H and O–H groups in total. The van der Waals surface area contributed by atoms with Gasteiger partial charge in [-0.3, -0.25) is 9.48 Å². The van der Waals surface area contributed by atoms with E-state index in [1.54, 1.807) is 6.20 Å². The van der Waals surface area contributed by atoms with Gasteiger partial charge < -0.3 is 10.6 Å². The van der Waals surface area contributed by atoms with E-state index in [-0.39, 0.29) is 11.9 Å². The van der Waals surface area contributed by atoms with Crippen molar-refractivity contribution in [3.8, 4) is 0 Å². The van der Waals surface area contributed by atoms with Crippen LogP contribution in [0.4, 0.5) is 0 Å². The van der Waals surface area contributed by atoms with Crippen molar-refractivity contribution >= 4 is 5.91 Å². The van der Waals surface area contributed by atoms with Crippen molar-refractivity contribution in [3.63, 3.8) is 0 Å². The number of hydrogen-bond donors (Lipinski definition) is 2. The lowest BCUT2D eigenvalue weighted by Crippen LogP contribution is -2.47. The first-order valence-corrected chi connectivity index (χ1v) is 6.25. The third kappa shape index (κ3) is 3.30. The summed E-state index contributed by atoms with van der Waals surface area (Å²) in [5.74, 6) is 0.131. The van der Waals surface area contributed by atoms with Crippen LogP contribution in [0.5, 0.6) is 0 Å². The molecule has 5 nitrogen and oxygen atoms in total. The van der Waals surface area contributed by atoms with E-state index in [1.807, 2.05) is 17.8 Å². The van der Waals surface area contributed by atoms with E-state index in [4.69, 9.17) is 0 Å². The topological polar surface area (TPSA) is 59.0 Å². The van der Waals surface area contributed by atoms with Crippen LogP contribution < -0.4 is 10.6 Å². The molecule has 1 aromatic heterocycles. The minimum Gasteiger partial charge on any atom is -0.354 e. The summed E-state index contributed by atoms with van der Waals surface area (Å²) < 4.78 is 1.84. The van der Waals surface area contributed by atoms with Crippen molar-refractivity contribution in [2.45, 2.75) is 31.7 Å². The van der Waals surface area contributed by atoms with Gasteiger partial charge in [0.05, 0.1) is 6.04 Å². The summed E-state index contributed by atoms with van der Waals surface area (Å²) in [6, 6.07) is 1.99. The van der Waals surface area contributed by atoms with E-state index < -0.39 is 0 Å². The van der Waals surface area contributed by atoms with Crippen LogP contribution in [0.15, 0.2) is 12.3 Å². The Balaban J connectivity index is 1.71. The number of nitrogens with zero attached hydrogens (tertiary/aromatic N) is 2. The van der Waals surface area contributed by atoms with E-state index in [9.17, 15) is 4.79 Å². The SMILES string of the molecule is Cn1nccc1CCNC(=O)C1CCCCN1. The smallest absolute Gasteiger partial charge is 0.237 e. The van der Waals surface area contributed by atoms with Gasteiger partial charge in [-0.2, -0.15) is 5.10 Å². The van der Waals surface area contributed by atoms with E-state index in [0.717, 1.165) is 31.5 Å². The van der Waals surface area contributed by atoms with Gasteiger partial charge in [0.2, 0.25) is 5.91 Å². The van der Waals surface area contributed by atoms with E-state index >= 15 is 0 Å². The monoisotopic (exact) mass is 236 g/mol. The molecule has 1 unspecified atom stereocenters. The lowest BCUT2D eigenvalue weighted by molar-refractivity contribution is -0.123. The van der Waals surface area contributed by atoms with E-state index in [2.05, 4.69) is 15.7 Å². The fourth-order valence-corrected chi connectivity index (χ4v) is 2.16. The lowest BCUT2D eigenvalue weighted by Gasteiger charge is -2.22. The van der Waals surface area contributed by atoms with Crippen LogP contribution in [0.2, 0.25) is 0 Å². The molecule has 17 heavy (non-hydrogen) atoms. The first-order chi connectivity index (χ1) is 8.27. The van der Waals surface area contributed by atoms with Crippen molar-refractivity contribution in [1.82, 2.24) is 20.4 Å². The summed E-state index contributed by atoms with van der Waals surface area (Å²) in [7, 11) is 1.92. The zero-order valence-corrected chi connectivity index (χ0v) is 10.3. The molecule has 94 valence electrons. The fraction of sp³-hybridized carbons (Fsp3) is 0.667. The van der Waals surface area contributed by atoms with Gasteiger partial charge in [-0.05, 0) is 25.5 Å². The number of carbonyl (C=O) groups excluding carboxylic acids is 1. The molecular weight excluding hydrogens is 216 g/mol. The number of hydrogen-bond acceptors (Lipinski definition) is 3.